The summed E-state index contributed by atoms with van der Waals surface area (Å²) in [4.78, 5) is 1.60. The fourth-order valence-electron chi connectivity index (χ4n) is 3.47. The third kappa shape index (κ3) is 2.55. The number of aryl methyl sites for hydroxylation is 2. The van der Waals surface area contributed by atoms with Gasteiger partial charge in [-0.1, -0.05) is 31.2 Å². The number of nitrogens with one attached hydrogen (secondary N) is 1. The summed E-state index contributed by atoms with van der Waals surface area (Å²) in [5.41, 5.74) is 4.46. The van der Waals surface area contributed by atoms with Crippen LogP contribution < -0.4 is 5.32 Å². The van der Waals surface area contributed by atoms with E-state index < -0.39 is 0 Å². The van der Waals surface area contributed by atoms with E-state index >= 15 is 0 Å². The van der Waals surface area contributed by atoms with Crippen LogP contribution in [0.1, 0.15) is 53.3 Å². The van der Waals surface area contributed by atoms with E-state index in [4.69, 9.17) is 0 Å². The van der Waals surface area contributed by atoms with Crippen LogP contribution >= 0.6 is 11.3 Å². The summed E-state index contributed by atoms with van der Waals surface area (Å²) in [7, 11) is 2.10. The molecule has 1 aliphatic carbocycles. The predicted octanol–water partition coefficient (Wildman–Crippen LogP) is 4.69. The van der Waals surface area contributed by atoms with Crippen molar-refractivity contribution >= 4 is 11.3 Å². The van der Waals surface area contributed by atoms with Crippen molar-refractivity contribution in [3.63, 3.8) is 0 Å². The maximum atomic E-state index is 3.57. The Bertz CT molecular complexity index is 572. The SMILES string of the molecule is CCc1cccc(C(NC)C2CCCc3sccc32)c1. The van der Waals surface area contributed by atoms with Crippen LogP contribution in [-0.4, -0.2) is 7.05 Å². The number of fused-ring (bicyclic) bond motifs is 1. The van der Waals surface area contributed by atoms with Crippen molar-refractivity contribution in [2.45, 2.75) is 44.6 Å². The highest BCUT2D eigenvalue weighted by Gasteiger charge is 2.28. The van der Waals surface area contributed by atoms with Gasteiger partial charge in [0.05, 0.1) is 0 Å². The first kappa shape index (κ1) is 13.8. The molecule has 2 heteroatoms. The summed E-state index contributed by atoms with van der Waals surface area (Å²) >= 11 is 1.93. The lowest BCUT2D eigenvalue weighted by molar-refractivity contribution is 0.428. The van der Waals surface area contributed by atoms with Gasteiger partial charge in [0.2, 0.25) is 0 Å². The second-order valence-corrected chi connectivity index (χ2v) is 6.66. The Morgan fingerprint density at radius 2 is 2.25 bits per heavy atom. The Hall–Kier alpha value is -1.12. The Kier molecular flexibility index (Phi) is 4.23. The van der Waals surface area contributed by atoms with Crippen LogP contribution in [0.15, 0.2) is 35.7 Å². The average molecular weight is 285 g/mol. The maximum Gasteiger partial charge on any atom is 0.0387 e. The van der Waals surface area contributed by atoms with Crippen molar-refractivity contribution in [2.24, 2.45) is 0 Å². The van der Waals surface area contributed by atoms with Crippen LogP contribution in [-0.2, 0) is 12.8 Å². The highest BCUT2D eigenvalue weighted by molar-refractivity contribution is 7.10. The minimum Gasteiger partial charge on any atom is -0.312 e. The van der Waals surface area contributed by atoms with Gasteiger partial charge in [-0.2, -0.15) is 0 Å². The Morgan fingerprint density at radius 3 is 3.05 bits per heavy atom. The van der Waals surface area contributed by atoms with Crippen molar-refractivity contribution in [2.75, 3.05) is 7.05 Å². The van der Waals surface area contributed by atoms with E-state index in [0.717, 1.165) is 6.42 Å². The lowest BCUT2D eigenvalue weighted by atomic mass is 9.79. The molecular formula is C18H23NS. The normalized spacial score (nSPS) is 19.6. The predicted molar refractivity (Wildman–Crippen MR) is 87.6 cm³/mol. The van der Waals surface area contributed by atoms with Crippen molar-refractivity contribution in [1.82, 2.24) is 5.32 Å². The molecule has 0 radical (unpaired) electrons. The first-order valence-corrected chi connectivity index (χ1v) is 8.53. The minimum atomic E-state index is 0.440. The van der Waals surface area contributed by atoms with Gasteiger partial charge in [-0.05, 0) is 60.9 Å². The highest BCUT2D eigenvalue weighted by atomic mass is 32.1. The zero-order valence-corrected chi connectivity index (χ0v) is 13.2. The molecule has 1 aliphatic rings. The monoisotopic (exact) mass is 285 g/mol. The molecule has 0 bridgehead atoms. The molecule has 1 nitrogen and oxygen atoms in total. The summed E-state index contributed by atoms with van der Waals surface area (Å²) in [5.74, 6) is 0.627. The van der Waals surface area contributed by atoms with Crippen LogP contribution in [0.5, 0.6) is 0 Å². The number of thiophene rings is 1. The first-order valence-electron chi connectivity index (χ1n) is 7.66. The van der Waals surface area contributed by atoms with Crippen molar-refractivity contribution in [3.05, 3.63) is 57.3 Å². The van der Waals surface area contributed by atoms with E-state index in [-0.39, 0.29) is 0 Å². The van der Waals surface area contributed by atoms with E-state index in [9.17, 15) is 0 Å². The van der Waals surface area contributed by atoms with Gasteiger partial charge in [-0.15, -0.1) is 11.3 Å². The fraction of sp³-hybridized carbons (Fsp3) is 0.444. The molecule has 20 heavy (non-hydrogen) atoms. The van der Waals surface area contributed by atoms with E-state index in [1.165, 1.54) is 30.4 Å². The van der Waals surface area contributed by atoms with E-state index in [1.807, 2.05) is 11.3 Å². The van der Waals surface area contributed by atoms with Gasteiger partial charge >= 0.3 is 0 Å². The lowest BCUT2D eigenvalue weighted by Gasteiger charge is -2.31. The number of likely N-dealkylation sites (N-methyl/N-ethyl adjacent to an activating group) is 1. The van der Waals surface area contributed by atoms with Crippen molar-refractivity contribution in [3.8, 4) is 0 Å². The third-order valence-electron chi connectivity index (χ3n) is 4.53. The molecule has 2 unspecified atom stereocenters. The molecule has 0 saturated heterocycles. The number of hydrogen-bond donors (Lipinski definition) is 1. The lowest BCUT2D eigenvalue weighted by Crippen LogP contribution is -2.26. The zero-order valence-electron chi connectivity index (χ0n) is 12.4. The summed E-state index contributed by atoms with van der Waals surface area (Å²) < 4.78 is 0. The van der Waals surface area contributed by atoms with E-state index in [1.54, 1.807) is 10.4 Å². The molecule has 1 aromatic carbocycles. The topological polar surface area (TPSA) is 12.0 Å². The van der Waals surface area contributed by atoms with Crippen LogP contribution in [0.25, 0.3) is 0 Å². The van der Waals surface area contributed by atoms with Gasteiger partial charge in [0.1, 0.15) is 0 Å². The molecule has 3 rings (SSSR count). The standard InChI is InChI=1S/C18H23NS/c1-3-13-6-4-7-14(12-13)18(19-2)16-8-5-9-17-15(16)10-11-20-17/h4,6-7,10-12,16,18-19H,3,5,8-9H2,1-2H3. The number of rotatable bonds is 4. The second kappa shape index (κ2) is 6.11. The largest absolute Gasteiger partial charge is 0.312 e. The zero-order chi connectivity index (χ0) is 13.9. The quantitative estimate of drug-likeness (QED) is 0.859. The molecule has 0 spiro atoms. The maximum absolute atomic E-state index is 3.57. The molecule has 1 N–H and O–H groups in total. The van der Waals surface area contributed by atoms with E-state index in [0.29, 0.717) is 12.0 Å². The second-order valence-electron chi connectivity index (χ2n) is 5.66. The van der Waals surface area contributed by atoms with Gasteiger partial charge in [0.25, 0.3) is 0 Å². The van der Waals surface area contributed by atoms with Gasteiger partial charge in [0, 0.05) is 16.8 Å². The number of hydrogen-bond acceptors (Lipinski definition) is 2. The molecule has 0 saturated carbocycles. The highest BCUT2D eigenvalue weighted by Crippen LogP contribution is 2.42. The minimum absolute atomic E-state index is 0.440. The molecule has 2 atom stereocenters. The summed E-state index contributed by atoms with van der Waals surface area (Å²) in [6.45, 7) is 2.23. The van der Waals surface area contributed by atoms with Crippen LogP contribution in [0, 0.1) is 0 Å². The summed E-state index contributed by atoms with van der Waals surface area (Å²) in [6.07, 6.45) is 5.00. The molecule has 1 heterocycles. The summed E-state index contributed by atoms with van der Waals surface area (Å²) in [6, 6.07) is 11.9. The Balaban J connectivity index is 1.95. The molecule has 0 amide bonds. The Morgan fingerprint density at radius 1 is 1.35 bits per heavy atom. The number of benzene rings is 1. The summed E-state index contributed by atoms with van der Waals surface area (Å²) in [5, 5.41) is 5.84. The van der Waals surface area contributed by atoms with Gasteiger partial charge in [-0.3, -0.25) is 0 Å². The first-order chi connectivity index (χ1) is 9.83. The van der Waals surface area contributed by atoms with Gasteiger partial charge in [-0.25, -0.2) is 0 Å². The van der Waals surface area contributed by atoms with Gasteiger partial charge in [0.15, 0.2) is 0 Å². The molecule has 0 aliphatic heterocycles. The van der Waals surface area contributed by atoms with Crippen molar-refractivity contribution < 1.29 is 0 Å². The Labute approximate surface area is 126 Å². The smallest absolute Gasteiger partial charge is 0.0387 e. The van der Waals surface area contributed by atoms with Crippen LogP contribution in [0.4, 0.5) is 0 Å². The third-order valence-corrected chi connectivity index (χ3v) is 5.53. The molecule has 2 aromatic rings. The average Bonchev–Trinajstić information content (AvgIpc) is 2.97. The van der Waals surface area contributed by atoms with Crippen LogP contribution in [0.2, 0.25) is 0 Å². The molecule has 0 fully saturated rings. The van der Waals surface area contributed by atoms with E-state index in [2.05, 4.69) is 55.0 Å². The van der Waals surface area contributed by atoms with Crippen molar-refractivity contribution in [1.29, 1.82) is 0 Å². The molecule has 106 valence electrons. The molecule has 1 aromatic heterocycles. The fourth-order valence-corrected chi connectivity index (χ4v) is 4.47. The molecular weight excluding hydrogens is 262 g/mol. The van der Waals surface area contributed by atoms with Gasteiger partial charge < -0.3 is 5.32 Å². The van der Waals surface area contributed by atoms with Crippen LogP contribution in [0.3, 0.4) is 0 Å².